The largest absolute Gasteiger partial charge is 0.295 e. The number of carbonyl (C=O) groups is 1. The van der Waals surface area contributed by atoms with E-state index in [1.807, 2.05) is 6.08 Å². The van der Waals surface area contributed by atoms with Gasteiger partial charge in [0.25, 0.3) is 0 Å². The molecule has 0 heterocycles. The van der Waals surface area contributed by atoms with E-state index in [4.69, 9.17) is 6.42 Å². The SMILES string of the molecule is C#C[C@H]1CC[C@H]2[C@@H]3CCC4=CC(=O)CC[C@]4(C)[C@H]3CC[C@]12C. The zero-order chi connectivity index (χ0) is 15.5. The summed E-state index contributed by atoms with van der Waals surface area (Å²) in [7, 11) is 0. The number of hydrogen-bond donors (Lipinski definition) is 0. The lowest BCUT2D eigenvalue weighted by molar-refractivity contribution is -0.117. The summed E-state index contributed by atoms with van der Waals surface area (Å²) in [6, 6.07) is 0. The van der Waals surface area contributed by atoms with Crippen LogP contribution < -0.4 is 0 Å². The van der Waals surface area contributed by atoms with Crippen LogP contribution in [0, 0.1) is 46.8 Å². The molecule has 0 bridgehead atoms. The van der Waals surface area contributed by atoms with Crippen LogP contribution in [0.25, 0.3) is 0 Å². The van der Waals surface area contributed by atoms with Crippen LogP contribution in [0.1, 0.15) is 65.2 Å². The van der Waals surface area contributed by atoms with Gasteiger partial charge in [-0.1, -0.05) is 19.4 Å². The first-order chi connectivity index (χ1) is 10.5. The molecule has 118 valence electrons. The molecule has 0 aromatic rings. The highest BCUT2D eigenvalue weighted by molar-refractivity contribution is 5.91. The lowest BCUT2D eigenvalue weighted by Crippen LogP contribution is -2.50. The molecule has 3 saturated carbocycles. The summed E-state index contributed by atoms with van der Waals surface area (Å²) in [5, 5.41) is 0. The lowest BCUT2D eigenvalue weighted by Gasteiger charge is -2.57. The number of hydrogen-bond acceptors (Lipinski definition) is 1. The molecule has 0 aromatic heterocycles. The van der Waals surface area contributed by atoms with E-state index in [0.29, 0.717) is 22.5 Å². The normalized spacial score (nSPS) is 50.4. The highest BCUT2D eigenvalue weighted by atomic mass is 16.1. The molecule has 0 saturated heterocycles. The predicted octanol–water partition coefficient (Wildman–Crippen LogP) is 4.77. The third-order valence-electron chi connectivity index (χ3n) is 8.16. The molecule has 0 aromatic carbocycles. The van der Waals surface area contributed by atoms with Gasteiger partial charge >= 0.3 is 0 Å². The van der Waals surface area contributed by atoms with Crippen LogP contribution in [-0.2, 0) is 4.79 Å². The molecule has 4 aliphatic rings. The van der Waals surface area contributed by atoms with Gasteiger partial charge in [-0.3, -0.25) is 4.79 Å². The Morgan fingerprint density at radius 3 is 2.68 bits per heavy atom. The Balaban J connectivity index is 1.68. The van der Waals surface area contributed by atoms with Crippen molar-refractivity contribution in [1.82, 2.24) is 0 Å². The maximum atomic E-state index is 11.8. The number of rotatable bonds is 0. The smallest absolute Gasteiger partial charge is 0.155 e. The fraction of sp³-hybridized carbons (Fsp3) is 0.762. The minimum atomic E-state index is 0.298. The molecule has 3 fully saturated rings. The van der Waals surface area contributed by atoms with E-state index in [2.05, 4.69) is 19.8 Å². The van der Waals surface area contributed by atoms with Crippen molar-refractivity contribution in [2.24, 2.45) is 34.5 Å². The molecule has 0 amide bonds. The quantitative estimate of drug-likeness (QED) is 0.589. The van der Waals surface area contributed by atoms with Crippen LogP contribution in [0.3, 0.4) is 0 Å². The summed E-state index contributed by atoms with van der Waals surface area (Å²) in [5.74, 6) is 6.42. The van der Waals surface area contributed by atoms with E-state index in [0.717, 1.165) is 37.0 Å². The minimum Gasteiger partial charge on any atom is -0.295 e. The van der Waals surface area contributed by atoms with E-state index in [1.54, 1.807) is 0 Å². The zero-order valence-electron chi connectivity index (χ0n) is 14.0. The van der Waals surface area contributed by atoms with Gasteiger partial charge in [0.2, 0.25) is 0 Å². The first-order valence-electron chi connectivity index (χ1n) is 9.19. The highest BCUT2D eigenvalue weighted by Gasteiger charge is 2.58. The summed E-state index contributed by atoms with van der Waals surface area (Å²) < 4.78 is 0. The Morgan fingerprint density at radius 1 is 1.09 bits per heavy atom. The zero-order valence-corrected chi connectivity index (χ0v) is 14.0. The van der Waals surface area contributed by atoms with Crippen molar-refractivity contribution in [3.8, 4) is 12.3 Å². The molecule has 6 atom stereocenters. The second-order valence-electron chi connectivity index (χ2n) is 8.81. The van der Waals surface area contributed by atoms with Gasteiger partial charge in [-0.2, -0.15) is 0 Å². The number of carbonyl (C=O) groups excluding carboxylic acids is 1. The first kappa shape index (κ1) is 14.6. The molecule has 0 radical (unpaired) electrons. The number of allylic oxidation sites excluding steroid dienone is 1. The molecule has 4 rings (SSSR count). The van der Waals surface area contributed by atoms with Crippen molar-refractivity contribution >= 4 is 5.78 Å². The van der Waals surface area contributed by atoms with Crippen molar-refractivity contribution in [3.05, 3.63) is 11.6 Å². The fourth-order valence-corrected chi connectivity index (χ4v) is 6.83. The Hall–Kier alpha value is -1.03. The fourth-order valence-electron chi connectivity index (χ4n) is 6.83. The number of terminal acetylenes is 1. The first-order valence-corrected chi connectivity index (χ1v) is 9.19. The van der Waals surface area contributed by atoms with E-state index in [1.165, 1.54) is 37.7 Å². The van der Waals surface area contributed by atoms with Gasteiger partial charge in [-0.25, -0.2) is 0 Å². The molecule has 22 heavy (non-hydrogen) atoms. The average molecular weight is 296 g/mol. The average Bonchev–Trinajstić information content (AvgIpc) is 2.84. The van der Waals surface area contributed by atoms with Gasteiger partial charge in [-0.15, -0.1) is 12.3 Å². The van der Waals surface area contributed by atoms with Crippen LogP contribution in [0.15, 0.2) is 11.6 Å². The molecule has 0 N–H and O–H groups in total. The molecule has 4 aliphatic carbocycles. The predicted molar refractivity (Wildman–Crippen MR) is 89.0 cm³/mol. The van der Waals surface area contributed by atoms with Gasteiger partial charge < -0.3 is 0 Å². The monoisotopic (exact) mass is 296 g/mol. The molecule has 0 unspecified atom stereocenters. The topological polar surface area (TPSA) is 17.1 Å². The number of ketones is 1. The summed E-state index contributed by atoms with van der Waals surface area (Å²) in [4.78, 5) is 11.8. The Morgan fingerprint density at radius 2 is 1.91 bits per heavy atom. The standard InChI is InChI=1S/C21H28O/c1-4-14-6-8-18-17-7-5-15-13-16(22)9-11-21(15,3)19(17)10-12-20(14,18)2/h1,13-14,17-19H,5-12H2,2-3H3/t14-,17-,18-,19-,20+,21-/m0/s1. The van der Waals surface area contributed by atoms with Gasteiger partial charge in [-0.05, 0) is 79.6 Å². The Bertz CT molecular complexity index is 579. The van der Waals surface area contributed by atoms with E-state index < -0.39 is 0 Å². The van der Waals surface area contributed by atoms with Crippen molar-refractivity contribution in [1.29, 1.82) is 0 Å². The van der Waals surface area contributed by atoms with Crippen LogP contribution in [0.2, 0.25) is 0 Å². The highest BCUT2D eigenvalue weighted by Crippen LogP contribution is 2.66. The second kappa shape index (κ2) is 4.73. The molecular formula is C21H28O. The van der Waals surface area contributed by atoms with E-state index in [9.17, 15) is 4.79 Å². The van der Waals surface area contributed by atoms with E-state index in [-0.39, 0.29) is 0 Å². The molecule has 1 heteroatoms. The lowest BCUT2D eigenvalue weighted by atomic mass is 9.47. The van der Waals surface area contributed by atoms with Crippen LogP contribution in [0.5, 0.6) is 0 Å². The summed E-state index contributed by atoms with van der Waals surface area (Å²) in [6.45, 7) is 4.93. The van der Waals surface area contributed by atoms with E-state index >= 15 is 0 Å². The van der Waals surface area contributed by atoms with Crippen molar-refractivity contribution in [3.63, 3.8) is 0 Å². The Kier molecular flexibility index (Phi) is 3.13. The second-order valence-corrected chi connectivity index (χ2v) is 8.81. The third kappa shape index (κ3) is 1.76. The summed E-state index contributed by atoms with van der Waals surface area (Å²) >= 11 is 0. The van der Waals surface area contributed by atoms with Gasteiger partial charge in [0.05, 0.1) is 0 Å². The minimum absolute atomic E-state index is 0.298. The maximum Gasteiger partial charge on any atom is 0.155 e. The molecular weight excluding hydrogens is 268 g/mol. The van der Waals surface area contributed by atoms with Crippen molar-refractivity contribution in [2.75, 3.05) is 0 Å². The Labute approximate surface area is 134 Å². The summed E-state index contributed by atoms with van der Waals surface area (Å²) in [6.07, 6.45) is 17.3. The van der Waals surface area contributed by atoms with Crippen LogP contribution in [0.4, 0.5) is 0 Å². The van der Waals surface area contributed by atoms with Gasteiger partial charge in [0.1, 0.15) is 0 Å². The molecule has 0 aliphatic heterocycles. The van der Waals surface area contributed by atoms with Crippen molar-refractivity contribution < 1.29 is 4.79 Å². The third-order valence-corrected chi connectivity index (χ3v) is 8.16. The van der Waals surface area contributed by atoms with Gasteiger partial charge in [0, 0.05) is 12.3 Å². The molecule has 0 spiro atoms. The number of fused-ring (bicyclic) bond motifs is 5. The van der Waals surface area contributed by atoms with Crippen molar-refractivity contribution in [2.45, 2.75) is 65.2 Å². The maximum absolute atomic E-state index is 11.8. The van der Waals surface area contributed by atoms with Gasteiger partial charge in [0.15, 0.2) is 5.78 Å². The van der Waals surface area contributed by atoms with Crippen LogP contribution in [-0.4, -0.2) is 5.78 Å². The molecule has 1 nitrogen and oxygen atoms in total. The van der Waals surface area contributed by atoms with Crippen LogP contribution >= 0.6 is 0 Å². The summed E-state index contributed by atoms with van der Waals surface area (Å²) in [5.41, 5.74) is 2.16.